The molecule has 5 aromatic rings. The minimum atomic E-state index is -4.50. The van der Waals surface area contributed by atoms with Crippen molar-refractivity contribution in [2.24, 2.45) is 0 Å². The van der Waals surface area contributed by atoms with Gasteiger partial charge in [0.15, 0.2) is 11.4 Å². The van der Waals surface area contributed by atoms with E-state index >= 15 is 0 Å². The van der Waals surface area contributed by atoms with Crippen molar-refractivity contribution in [2.45, 2.75) is 33.0 Å². The Hall–Kier alpha value is -2.98. The van der Waals surface area contributed by atoms with Crippen LogP contribution in [0.15, 0.2) is 45.5 Å². The Bertz CT molecular complexity index is 1400. The largest absolute Gasteiger partial charge is 0.460 e. The average Bonchev–Trinajstić information content (AvgIpc) is 3.53. The number of aryl methyl sites for hydroxylation is 4. The second-order valence-corrected chi connectivity index (χ2v) is 9.21. The lowest BCUT2D eigenvalue weighted by atomic mass is 10.1. The van der Waals surface area contributed by atoms with Crippen molar-refractivity contribution in [3.05, 3.63) is 63.1 Å². The fourth-order valence-corrected chi connectivity index (χ4v) is 5.06. The molecule has 0 unspecified atom stereocenters. The second kappa shape index (κ2) is 7.86. The molecule has 5 aromatic heterocycles. The number of pyridine rings is 1. The van der Waals surface area contributed by atoms with Crippen molar-refractivity contribution in [3.63, 3.8) is 0 Å². The van der Waals surface area contributed by atoms with Crippen LogP contribution in [0.5, 0.6) is 0 Å². The maximum atomic E-state index is 13.9. The van der Waals surface area contributed by atoms with Gasteiger partial charge in [-0.1, -0.05) is 6.07 Å². The zero-order chi connectivity index (χ0) is 22.5. The number of fused-ring (bicyclic) bond motifs is 1. The molecule has 0 saturated heterocycles. The number of nitrogens with zero attached hydrogens (tertiary/aromatic N) is 4. The van der Waals surface area contributed by atoms with Gasteiger partial charge in [0.2, 0.25) is 0 Å². The molecule has 0 bridgehead atoms. The first-order valence-electron chi connectivity index (χ1n) is 9.80. The van der Waals surface area contributed by atoms with Gasteiger partial charge in [0.05, 0.1) is 32.2 Å². The van der Waals surface area contributed by atoms with Crippen LogP contribution in [-0.4, -0.2) is 19.7 Å². The highest BCUT2D eigenvalue weighted by molar-refractivity contribution is 7.13. The molecule has 0 aliphatic heterocycles. The van der Waals surface area contributed by atoms with Gasteiger partial charge in [0.1, 0.15) is 11.5 Å². The van der Waals surface area contributed by atoms with E-state index in [1.165, 1.54) is 22.7 Å². The number of hydrogen-bond acceptors (Lipinski definition) is 6. The molecule has 0 N–H and O–H groups in total. The Morgan fingerprint density at radius 2 is 1.91 bits per heavy atom. The van der Waals surface area contributed by atoms with E-state index in [0.717, 1.165) is 22.5 Å². The summed E-state index contributed by atoms with van der Waals surface area (Å²) >= 11 is 2.84. The van der Waals surface area contributed by atoms with E-state index in [4.69, 9.17) is 4.42 Å². The molecule has 5 nitrogen and oxygen atoms in total. The van der Waals surface area contributed by atoms with Crippen molar-refractivity contribution in [2.75, 3.05) is 0 Å². The third kappa shape index (κ3) is 3.84. The molecule has 0 amide bonds. The summed E-state index contributed by atoms with van der Waals surface area (Å²) < 4.78 is 48.8. The summed E-state index contributed by atoms with van der Waals surface area (Å²) in [5.74, 6) is 1.50. The summed E-state index contributed by atoms with van der Waals surface area (Å²) in [5.41, 5.74) is 0.879. The number of alkyl halides is 3. The van der Waals surface area contributed by atoms with Crippen LogP contribution in [0.1, 0.15) is 22.0 Å². The highest BCUT2D eigenvalue weighted by Gasteiger charge is 2.35. The summed E-state index contributed by atoms with van der Waals surface area (Å²) in [4.78, 5) is 9.84. The topological polar surface area (TPSA) is 56.7 Å². The number of thiophene rings is 1. The molecular formula is C22H17F3N4OS2. The van der Waals surface area contributed by atoms with Crippen LogP contribution in [0.3, 0.4) is 0 Å². The smallest absolute Gasteiger partial charge is 0.417 e. The van der Waals surface area contributed by atoms with Gasteiger partial charge >= 0.3 is 6.18 Å². The van der Waals surface area contributed by atoms with Crippen LogP contribution in [0, 0.1) is 13.8 Å². The monoisotopic (exact) mass is 474 g/mol. The minimum absolute atomic E-state index is 0.0451. The predicted octanol–water partition coefficient (Wildman–Crippen LogP) is 6.75. The lowest BCUT2D eigenvalue weighted by molar-refractivity contribution is -0.136. The minimum Gasteiger partial charge on any atom is -0.460 e. The average molecular weight is 475 g/mol. The standard InChI is InChI=1S/C22H17F3N4OS2/c1-12-5-6-17(30-12)16-11-32-19(26-16)7-8-29-21-20(13(2)28-29)14(22(23,24)25)10-15(27-21)18-4-3-9-31-18/h3-6,9-11H,7-8H2,1-2H3. The molecule has 164 valence electrons. The van der Waals surface area contributed by atoms with Gasteiger partial charge in [-0.3, -0.25) is 0 Å². The summed E-state index contributed by atoms with van der Waals surface area (Å²) in [6.45, 7) is 3.82. The third-order valence-corrected chi connectivity index (χ3v) is 6.84. The Kier molecular flexibility index (Phi) is 5.13. The third-order valence-electron chi connectivity index (χ3n) is 5.04. The van der Waals surface area contributed by atoms with E-state index < -0.39 is 11.7 Å². The maximum absolute atomic E-state index is 13.9. The van der Waals surface area contributed by atoms with Crippen LogP contribution >= 0.6 is 22.7 Å². The number of furan rings is 1. The lowest BCUT2D eigenvalue weighted by Gasteiger charge is -2.11. The van der Waals surface area contributed by atoms with Gasteiger partial charge in [0.25, 0.3) is 0 Å². The fourth-order valence-electron chi connectivity index (χ4n) is 3.60. The highest BCUT2D eigenvalue weighted by atomic mass is 32.1. The first-order valence-corrected chi connectivity index (χ1v) is 11.6. The molecule has 0 radical (unpaired) electrons. The van der Waals surface area contributed by atoms with Crippen molar-refractivity contribution < 1.29 is 17.6 Å². The SMILES string of the molecule is Cc1ccc(-c2csc(CCn3nc(C)c4c(C(F)(F)F)cc(-c5cccs5)nc43)n2)o1. The molecule has 0 saturated carbocycles. The van der Waals surface area contributed by atoms with Crippen molar-refractivity contribution in [1.82, 2.24) is 19.7 Å². The first kappa shape index (κ1) is 20.9. The summed E-state index contributed by atoms with van der Waals surface area (Å²) in [7, 11) is 0. The van der Waals surface area contributed by atoms with E-state index in [2.05, 4.69) is 15.1 Å². The van der Waals surface area contributed by atoms with Gasteiger partial charge in [-0.2, -0.15) is 18.3 Å². The summed E-state index contributed by atoms with van der Waals surface area (Å²) in [6, 6.07) is 8.42. The lowest BCUT2D eigenvalue weighted by Crippen LogP contribution is -2.08. The Morgan fingerprint density at radius 1 is 1.06 bits per heavy atom. The maximum Gasteiger partial charge on any atom is 0.417 e. The number of rotatable bonds is 5. The number of hydrogen-bond donors (Lipinski definition) is 0. The van der Waals surface area contributed by atoms with Gasteiger partial charge in [0, 0.05) is 18.3 Å². The van der Waals surface area contributed by atoms with Crippen LogP contribution in [0.4, 0.5) is 13.2 Å². The van der Waals surface area contributed by atoms with Crippen LogP contribution in [0.2, 0.25) is 0 Å². The summed E-state index contributed by atoms with van der Waals surface area (Å²) in [5, 5.41) is 9.01. The van der Waals surface area contributed by atoms with Crippen LogP contribution < -0.4 is 0 Å². The van der Waals surface area contributed by atoms with Gasteiger partial charge in [-0.25, -0.2) is 14.6 Å². The highest BCUT2D eigenvalue weighted by Crippen LogP contribution is 2.39. The normalized spacial score (nSPS) is 12.2. The molecule has 10 heteroatoms. The van der Waals surface area contributed by atoms with Gasteiger partial charge in [-0.05, 0) is 43.5 Å². The molecule has 0 aliphatic carbocycles. The van der Waals surface area contributed by atoms with Crippen molar-refractivity contribution in [1.29, 1.82) is 0 Å². The first-order chi connectivity index (χ1) is 15.3. The zero-order valence-corrected chi connectivity index (χ0v) is 18.7. The molecule has 32 heavy (non-hydrogen) atoms. The quantitative estimate of drug-likeness (QED) is 0.283. The molecule has 5 rings (SSSR count). The second-order valence-electron chi connectivity index (χ2n) is 7.32. The van der Waals surface area contributed by atoms with E-state index in [-0.39, 0.29) is 11.0 Å². The van der Waals surface area contributed by atoms with E-state index in [1.54, 1.807) is 23.7 Å². The zero-order valence-electron chi connectivity index (χ0n) is 17.1. The van der Waals surface area contributed by atoms with E-state index in [9.17, 15) is 13.2 Å². The van der Waals surface area contributed by atoms with E-state index in [1.807, 2.05) is 29.8 Å². The number of aromatic nitrogens is 4. The van der Waals surface area contributed by atoms with Gasteiger partial charge in [-0.15, -0.1) is 22.7 Å². The molecule has 0 aromatic carbocycles. The van der Waals surface area contributed by atoms with Crippen LogP contribution in [-0.2, 0) is 19.1 Å². The predicted molar refractivity (Wildman–Crippen MR) is 119 cm³/mol. The fraction of sp³-hybridized carbons (Fsp3) is 0.227. The molecule has 0 atom stereocenters. The number of halogens is 3. The van der Waals surface area contributed by atoms with Gasteiger partial charge < -0.3 is 4.42 Å². The Morgan fingerprint density at radius 3 is 2.59 bits per heavy atom. The van der Waals surface area contributed by atoms with Crippen molar-refractivity contribution >= 4 is 33.7 Å². The number of thiazole rings is 1. The van der Waals surface area contributed by atoms with Crippen molar-refractivity contribution in [3.8, 4) is 22.0 Å². The van der Waals surface area contributed by atoms with Crippen LogP contribution in [0.25, 0.3) is 33.1 Å². The molecule has 0 fully saturated rings. The Balaban J connectivity index is 1.50. The van der Waals surface area contributed by atoms with E-state index in [0.29, 0.717) is 35.0 Å². The molecule has 0 spiro atoms. The molecular weight excluding hydrogens is 457 g/mol. The summed E-state index contributed by atoms with van der Waals surface area (Å²) in [6.07, 6.45) is -3.98. The Labute approximate surface area is 189 Å². The molecule has 5 heterocycles. The molecule has 0 aliphatic rings.